The summed E-state index contributed by atoms with van der Waals surface area (Å²) in [6.45, 7) is 1.85. The maximum absolute atomic E-state index is 11.8. The third-order valence-corrected chi connectivity index (χ3v) is 4.55. The second-order valence-corrected chi connectivity index (χ2v) is 7.07. The van der Waals surface area contributed by atoms with Gasteiger partial charge in [-0.25, -0.2) is 4.79 Å². The van der Waals surface area contributed by atoms with Gasteiger partial charge in [0.25, 0.3) is 0 Å². The van der Waals surface area contributed by atoms with Crippen LogP contribution in [-0.4, -0.2) is 46.4 Å². The predicted molar refractivity (Wildman–Crippen MR) is 99.0 cm³/mol. The minimum Gasteiger partial charge on any atom is -0.481 e. The highest BCUT2D eigenvalue weighted by atomic mass is 16.6. The van der Waals surface area contributed by atoms with Crippen molar-refractivity contribution in [1.29, 1.82) is 0 Å². The summed E-state index contributed by atoms with van der Waals surface area (Å²) in [5.74, 6) is -2.28. The molecule has 154 valence electrons. The molecule has 0 saturated carbocycles. The van der Waals surface area contributed by atoms with Crippen LogP contribution < -0.4 is 0 Å². The molecule has 3 atom stereocenters. The number of rotatable bonds is 4. The fraction of sp³-hybridized carbons (Fsp3) is 0.750. The molecule has 0 aliphatic carbocycles. The first-order valence-corrected chi connectivity index (χ1v) is 9.86. The van der Waals surface area contributed by atoms with Crippen LogP contribution in [0.15, 0.2) is 12.2 Å². The molecule has 1 aliphatic heterocycles. The van der Waals surface area contributed by atoms with Gasteiger partial charge in [-0.1, -0.05) is 32.1 Å². The summed E-state index contributed by atoms with van der Waals surface area (Å²) in [6.07, 6.45) is 8.22. The second kappa shape index (κ2) is 13.3. The van der Waals surface area contributed by atoms with Crippen LogP contribution in [0.25, 0.3) is 0 Å². The van der Waals surface area contributed by atoms with Gasteiger partial charge in [-0.2, -0.15) is 0 Å². The topological polar surface area (TPSA) is 110 Å². The van der Waals surface area contributed by atoms with Crippen molar-refractivity contribution in [3.05, 3.63) is 12.2 Å². The molecule has 1 aliphatic rings. The molecule has 0 saturated heterocycles. The molecule has 1 heterocycles. The lowest BCUT2D eigenvalue weighted by molar-refractivity contribution is -0.156. The summed E-state index contributed by atoms with van der Waals surface area (Å²) in [5, 5.41) is 19.0. The Bertz CT molecular complexity index is 501. The molecule has 0 aromatic heterocycles. The molecule has 0 aromatic rings. The number of esters is 2. The average molecular weight is 384 g/mol. The van der Waals surface area contributed by atoms with Gasteiger partial charge in [-0.3, -0.25) is 9.59 Å². The molecule has 2 N–H and O–H groups in total. The summed E-state index contributed by atoms with van der Waals surface area (Å²) in [4.78, 5) is 34.2. The number of aliphatic carboxylic acids is 1. The van der Waals surface area contributed by atoms with E-state index in [2.05, 4.69) is 0 Å². The minimum atomic E-state index is -1.14. The summed E-state index contributed by atoms with van der Waals surface area (Å²) >= 11 is 0. The van der Waals surface area contributed by atoms with Crippen LogP contribution in [0, 0.1) is 0 Å². The Hall–Kier alpha value is -1.89. The SMILES string of the molecule is C[C@@H]1CCCCCCCCCC(OC(=O)CCC(=O)O)[C@H](O)/C=C/C(=O)O1. The van der Waals surface area contributed by atoms with E-state index in [0.29, 0.717) is 6.42 Å². The number of hydrogen-bond donors (Lipinski definition) is 2. The first-order chi connectivity index (χ1) is 12.9. The molecular weight excluding hydrogens is 352 g/mol. The molecule has 0 spiro atoms. The van der Waals surface area contributed by atoms with Gasteiger partial charge in [0.2, 0.25) is 0 Å². The number of aliphatic hydroxyl groups excluding tert-OH is 1. The normalized spacial score (nSPS) is 27.3. The smallest absolute Gasteiger partial charge is 0.330 e. The van der Waals surface area contributed by atoms with Crippen molar-refractivity contribution in [3.8, 4) is 0 Å². The van der Waals surface area contributed by atoms with Crippen molar-refractivity contribution in [2.75, 3.05) is 0 Å². The number of carbonyl (C=O) groups excluding carboxylic acids is 2. The van der Waals surface area contributed by atoms with Gasteiger partial charge in [0.1, 0.15) is 12.2 Å². The summed E-state index contributed by atoms with van der Waals surface area (Å²) in [6, 6.07) is 0. The predicted octanol–water partition coefficient (Wildman–Crippen LogP) is 3.14. The number of cyclic esters (lactones) is 1. The molecule has 1 unspecified atom stereocenters. The first-order valence-electron chi connectivity index (χ1n) is 9.86. The van der Waals surface area contributed by atoms with E-state index in [1.165, 1.54) is 6.08 Å². The molecule has 0 amide bonds. The molecule has 0 radical (unpaired) electrons. The zero-order valence-electron chi connectivity index (χ0n) is 16.1. The third kappa shape index (κ3) is 11.4. The number of ether oxygens (including phenoxy) is 2. The number of aliphatic hydroxyl groups is 1. The van der Waals surface area contributed by atoms with E-state index in [1.54, 1.807) is 0 Å². The molecule has 0 aromatic carbocycles. The van der Waals surface area contributed by atoms with Gasteiger partial charge in [0, 0.05) is 6.08 Å². The first kappa shape index (κ1) is 23.1. The van der Waals surface area contributed by atoms with E-state index in [9.17, 15) is 19.5 Å². The van der Waals surface area contributed by atoms with Crippen LogP contribution >= 0.6 is 0 Å². The van der Waals surface area contributed by atoms with E-state index in [1.807, 2.05) is 6.92 Å². The highest BCUT2D eigenvalue weighted by Gasteiger charge is 2.22. The Kier molecular flexibility index (Phi) is 11.4. The Morgan fingerprint density at radius 2 is 1.67 bits per heavy atom. The van der Waals surface area contributed by atoms with Crippen LogP contribution in [0.3, 0.4) is 0 Å². The highest BCUT2D eigenvalue weighted by molar-refractivity contribution is 5.82. The van der Waals surface area contributed by atoms with Gasteiger partial charge in [-0.15, -0.1) is 0 Å². The lowest BCUT2D eigenvalue weighted by atomic mass is 10.0. The zero-order valence-corrected chi connectivity index (χ0v) is 16.1. The van der Waals surface area contributed by atoms with E-state index in [4.69, 9.17) is 14.6 Å². The van der Waals surface area contributed by atoms with Crippen LogP contribution in [0.1, 0.15) is 77.6 Å². The van der Waals surface area contributed by atoms with Crippen molar-refractivity contribution < 1.29 is 34.1 Å². The number of carbonyl (C=O) groups is 3. The number of carboxylic acids is 1. The molecule has 0 fully saturated rings. The number of hydrogen-bond acceptors (Lipinski definition) is 6. The van der Waals surface area contributed by atoms with E-state index in [-0.39, 0.29) is 18.9 Å². The Morgan fingerprint density at radius 3 is 2.30 bits per heavy atom. The maximum atomic E-state index is 11.8. The van der Waals surface area contributed by atoms with Gasteiger partial charge in [0.15, 0.2) is 0 Å². The lowest BCUT2D eigenvalue weighted by Crippen LogP contribution is -2.30. The second-order valence-electron chi connectivity index (χ2n) is 7.07. The number of carboxylic acid groups (broad SMARTS) is 1. The van der Waals surface area contributed by atoms with Crippen LogP contribution in [0.4, 0.5) is 0 Å². The molecule has 27 heavy (non-hydrogen) atoms. The average Bonchev–Trinajstić information content (AvgIpc) is 2.61. The van der Waals surface area contributed by atoms with E-state index < -0.39 is 30.1 Å². The lowest BCUT2D eigenvalue weighted by Gasteiger charge is -2.21. The van der Waals surface area contributed by atoms with Crippen LogP contribution in [-0.2, 0) is 23.9 Å². The Balaban J connectivity index is 2.69. The summed E-state index contributed by atoms with van der Waals surface area (Å²) < 4.78 is 10.5. The largest absolute Gasteiger partial charge is 0.481 e. The fourth-order valence-electron chi connectivity index (χ4n) is 2.99. The van der Waals surface area contributed by atoms with Crippen molar-refractivity contribution in [2.24, 2.45) is 0 Å². The molecule has 1 rings (SSSR count). The van der Waals surface area contributed by atoms with Crippen LogP contribution in [0.5, 0.6) is 0 Å². The quantitative estimate of drug-likeness (QED) is 0.716. The van der Waals surface area contributed by atoms with Crippen LogP contribution in [0.2, 0.25) is 0 Å². The highest BCUT2D eigenvalue weighted by Crippen LogP contribution is 2.17. The van der Waals surface area contributed by atoms with Crippen molar-refractivity contribution in [2.45, 2.75) is 95.9 Å². The summed E-state index contributed by atoms with van der Waals surface area (Å²) in [7, 11) is 0. The molecule has 0 bridgehead atoms. The van der Waals surface area contributed by atoms with Gasteiger partial charge in [-0.05, 0) is 38.7 Å². The van der Waals surface area contributed by atoms with Crippen molar-refractivity contribution in [3.63, 3.8) is 0 Å². The van der Waals surface area contributed by atoms with E-state index in [0.717, 1.165) is 57.4 Å². The maximum Gasteiger partial charge on any atom is 0.330 e. The minimum absolute atomic E-state index is 0.183. The van der Waals surface area contributed by atoms with Gasteiger partial charge in [0.05, 0.1) is 18.9 Å². The Labute approximate surface area is 160 Å². The molecule has 7 nitrogen and oxygen atoms in total. The van der Waals surface area contributed by atoms with Gasteiger partial charge >= 0.3 is 17.9 Å². The van der Waals surface area contributed by atoms with Crippen molar-refractivity contribution >= 4 is 17.9 Å². The van der Waals surface area contributed by atoms with E-state index >= 15 is 0 Å². The standard InChI is InChI=1S/C20H32O7/c1-15-9-7-5-3-2-4-6-8-10-17(16(21)11-13-19(24)26-15)27-20(25)14-12-18(22)23/h11,13,15-17,21H,2-10,12,14H2,1H3,(H,22,23)/b13-11+/t15-,16-,17?/m1/s1. The Morgan fingerprint density at radius 1 is 1.07 bits per heavy atom. The monoisotopic (exact) mass is 384 g/mol. The fourth-order valence-corrected chi connectivity index (χ4v) is 2.99. The molecule has 7 heteroatoms. The summed E-state index contributed by atoms with van der Waals surface area (Å²) in [5.41, 5.74) is 0. The third-order valence-electron chi connectivity index (χ3n) is 4.55. The van der Waals surface area contributed by atoms with Gasteiger partial charge < -0.3 is 19.7 Å². The zero-order chi connectivity index (χ0) is 20.1. The molecular formula is C20H32O7. The van der Waals surface area contributed by atoms with Crippen molar-refractivity contribution in [1.82, 2.24) is 0 Å².